The average Bonchev–Trinajstić information content (AvgIpc) is 2.48. The molecule has 0 spiro atoms. The number of halogens is 1. The van der Waals surface area contributed by atoms with Crippen molar-refractivity contribution < 1.29 is 13.9 Å². The number of hydrogen-bond donors (Lipinski definition) is 1. The van der Waals surface area contributed by atoms with Gasteiger partial charge in [0.15, 0.2) is 0 Å². The highest BCUT2D eigenvalue weighted by Gasteiger charge is 2.15. The Morgan fingerprint density at radius 1 is 1.40 bits per heavy atom. The molecular weight excluding hydrogens is 259 g/mol. The monoisotopic (exact) mass is 280 g/mol. The van der Waals surface area contributed by atoms with E-state index in [4.69, 9.17) is 4.74 Å². The largest absolute Gasteiger partial charge is 0.496 e. The van der Waals surface area contributed by atoms with Gasteiger partial charge in [-0.1, -0.05) is 0 Å². The van der Waals surface area contributed by atoms with Gasteiger partial charge in [0.1, 0.15) is 11.6 Å². The molecule has 1 heterocycles. The van der Waals surface area contributed by atoms with E-state index in [1.54, 1.807) is 13.2 Å². The van der Waals surface area contributed by atoms with Gasteiger partial charge in [-0.3, -0.25) is 4.79 Å². The van der Waals surface area contributed by atoms with Crippen LogP contribution >= 0.6 is 0 Å². The lowest BCUT2D eigenvalue weighted by atomic mass is 10.1. The fourth-order valence-corrected chi connectivity index (χ4v) is 2.44. The van der Waals surface area contributed by atoms with Gasteiger partial charge in [0.2, 0.25) is 5.91 Å². The molecule has 4 nitrogen and oxygen atoms in total. The first-order chi connectivity index (χ1) is 9.70. The second-order valence-electron chi connectivity index (χ2n) is 4.94. The Morgan fingerprint density at radius 3 is 2.85 bits per heavy atom. The summed E-state index contributed by atoms with van der Waals surface area (Å²) in [6.07, 6.45) is 1.86. The Morgan fingerprint density at radius 2 is 2.15 bits per heavy atom. The second-order valence-corrected chi connectivity index (χ2v) is 4.94. The van der Waals surface area contributed by atoms with Crippen LogP contribution in [0.3, 0.4) is 0 Å². The van der Waals surface area contributed by atoms with E-state index in [1.165, 1.54) is 12.1 Å². The van der Waals surface area contributed by atoms with E-state index < -0.39 is 0 Å². The molecule has 1 fully saturated rings. The van der Waals surface area contributed by atoms with Gasteiger partial charge in [-0.05, 0) is 36.6 Å². The van der Waals surface area contributed by atoms with Crippen molar-refractivity contribution in [3.05, 3.63) is 29.6 Å². The fourth-order valence-electron chi connectivity index (χ4n) is 2.44. The molecule has 2 rings (SSSR count). The van der Waals surface area contributed by atoms with Crippen LogP contribution < -0.4 is 10.1 Å². The maximum absolute atomic E-state index is 13.2. The first-order valence-electron chi connectivity index (χ1n) is 7.01. The zero-order chi connectivity index (χ0) is 14.4. The van der Waals surface area contributed by atoms with Gasteiger partial charge in [0, 0.05) is 32.6 Å². The van der Waals surface area contributed by atoms with Crippen molar-refractivity contribution in [2.24, 2.45) is 0 Å². The molecule has 0 radical (unpaired) electrons. The van der Waals surface area contributed by atoms with Gasteiger partial charge >= 0.3 is 0 Å². The van der Waals surface area contributed by atoms with Crippen LogP contribution in [0.1, 0.15) is 18.4 Å². The van der Waals surface area contributed by atoms with E-state index in [-0.39, 0.29) is 11.7 Å². The van der Waals surface area contributed by atoms with Crippen LogP contribution in [0, 0.1) is 5.82 Å². The number of piperazine rings is 1. The Hall–Kier alpha value is -1.62. The number of aryl methyl sites for hydroxylation is 1. The molecule has 0 aliphatic carbocycles. The lowest BCUT2D eigenvalue weighted by Crippen LogP contribution is -2.46. The van der Waals surface area contributed by atoms with Gasteiger partial charge in [0.25, 0.3) is 0 Å². The standard InChI is InChI=1S/C15H21FN2O2/c1-20-14-6-5-13(16)11-12(14)3-2-4-15(19)18-9-7-17-8-10-18/h5-6,11,17H,2-4,7-10H2,1H3. The summed E-state index contributed by atoms with van der Waals surface area (Å²) in [4.78, 5) is 13.9. The van der Waals surface area contributed by atoms with Crippen molar-refractivity contribution in [2.75, 3.05) is 33.3 Å². The molecule has 5 heteroatoms. The number of benzene rings is 1. The van der Waals surface area contributed by atoms with Crippen LogP contribution in [0.2, 0.25) is 0 Å². The number of carbonyl (C=O) groups is 1. The first-order valence-corrected chi connectivity index (χ1v) is 7.01. The maximum Gasteiger partial charge on any atom is 0.222 e. The van der Waals surface area contributed by atoms with Gasteiger partial charge in [-0.2, -0.15) is 0 Å². The number of methoxy groups -OCH3 is 1. The minimum Gasteiger partial charge on any atom is -0.496 e. The third kappa shape index (κ3) is 3.93. The molecule has 0 bridgehead atoms. The summed E-state index contributed by atoms with van der Waals surface area (Å²) in [5.74, 6) is 0.595. The molecule has 110 valence electrons. The molecule has 1 amide bonds. The van der Waals surface area contributed by atoms with E-state index in [0.717, 1.165) is 31.7 Å². The van der Waals surface area contributed by atoms with E-state index >= 15 is 0 Å². The molecule has 1 aliphatic heterocycles. The van der Waals surface area contributed by atoms with Gasteiger partial charge in [0.05, 0.1) is 7.11 Å². The van der Waals surface area contributed by atoms with Crippen molar-refractivity contribution in [1.82, 2.24) is 10.2 Å². The summed E-state index contributed by atoms with van der Waals surface area (Å²) < 4.78 is 18.4. The molecule has 20 heavy (non-hydrogen) atoms. The SMILES string of the molecule is COc1ccc(F)cc1CCCC(=O)N1CCNCC1. The zero-order valence-electron chi connectivity index (χ0n) is 11.8. The van der Waals surface area contributed by atoms with E-state index in [9.17, 15) is 9.18 Å². The van der Waals surface area contributed by atoms with Gasteiger partial charge in [-0.15, -0.1) is 0 Å². The summed E-state index contributed by atoms with van der Waals surface area (Å²) in [5, 5.41) is 3.22. The van der Waals surface area contributed by atoms with Crippen molar-refractivity contribution >= 4 is 5.91 Å². The van der Waals surface area contributed by atoms with Gasteiger partial charge in [-0.25, -0.2) is 4.39 Å². The van der Waals surface area contributed by atoms with Crippen LogP contribution in [0.4, 0.5) is 4.39 Å². The molecule has 0 unspecified atom stereocenters. The third-order valence-corrected chi connectivity index (χ3v) is 3.55. The van der Waals surface area contributed by atoms with Crippen molar-refractivity contribution in [3.63, 3.8) is 0 Å². The highest BCUT2D eigenvalue weighted by molar-refractivity contribution is 5.76. The number of rotatable bonds is 5. The Labute approximate surface area is 118 Å². The molecule has 1 saturated heterocycles. The molecule has 1 aliphatic rings. The first kappa shape index (κ1) is 14.8. The summed E-state index contributed by atoms with van der Waals surface area (Å²) >= 11 is 0. The minimum atomic E-state index is -0.269. The van der Waals surface area contributed by atoms with E-state index in [0.29, 0.717) is 25.0 Å². The summed E-state index contributed by atoms with van der Waals surface area (Å²) in [5.41, 5.74) is 0.820. The second kappa shape index (κ2) is 7.24. The molecule has 0 saturated carbocycles. The smallest absolute Gasteiger partial charge is 0.222 e. The molecule has 0 atom stereocenters. The molecule has 1 aromatic rings. The Balaban J connectivity index is 1.83. The number of amides is 1. The Kier molecular flexibility index (Phi) is 5.35. The zero-order valence-corrected chi connectivity index (χ0v) is 11.8. The number of carbonyl (C=O) groups excluding carboxylic acids is 1. The molecule has 1 aromatic carbocycles. The fraction of sp³-hybridized carbons (Fsp3) is 0.533. The maximum atomic E-state index is 13.2. The molecule has 1 N–H and O–H groups in total. The number of hydrogen-bond acceptors (Lipinski definition) is 3. The van der Waals surface area contributed by atoms with Crippen LogP contribution in [0.5, 0.6) is 5.75 Å². The number of nitrogens with zero attached hydrogens (tertiary/aromatic N) is 1. The summed E-state index contributed by atoms with van der Waals surface area (Å²) in [6.45, 7) is 3.29. The van der Waals surface area contributed by atoms with Crippen molar-refractivity contribution in [3.8, 4) is 5.75 Å². The summed E-state index contributed by atoms with van der Waals surface area (Å²) in [6, 6.07) is 4.49. The van der Waals surface area contributed by atoms with E-state index in [1.807, 2.05) is 4.90 Å². The van der Waals surface area contributed by atoms with Crippen molar-refractivity contribution in [1.29, 1.82) is 0 Å². The van der Waals surface area contributed by atoms with Crippen LogP contribution in [-0.4, -0.2) is 44.1 Å². The normalized spacial score (nSPS) is 15.2. The van der Waals surface area contributed by atoms with Gasteiger partial charge < -0.3 is 15.0 Å². The minimum absolute atomic E-state index is 0.182. The van der Waals surface area contributed by atoms with Crippen LogP contribution in [0.15, 0.2) is 18.2 Å². The lowest BCUT2D eigenvalue weighted by molar-refractivity contribution is -0.131. The van der Waals surface area contributed by atoms with Crippen molar-refractivity contribution in [2.45, 2.75) is 19.3 Å². The number of ether oxygens (including phenoxy) is 1. The average molecular weight is 280 g/mol. The van der Waals surface area contributed by atoms with E-state index in [2.05, 4.69) is 5.32 Å². The topological polar surface area (TPSA) is 41.6 Å². The van der Waals surface area contributed by atoms with Crippen LogP contribution in [0.25, 0.3) is 0 Å². The molecular formula is C15H21FN2O2. The summed E-state index contributed by atoms with van der Waals surface area (Å²) in [7, 11) is 1.57. The lowest BCUT2D eigenvalue weighted by Gasteiger charge is -2.27. The quantitative estimate of drug-likeness (QED) is 0.890. The Bertz CT molecular complexity index is 459. The highest BCUT2D eigenvalue weighted by Crippen LogP contribution is 2.21. The van der Waals surface area contributed by atoms with Crippen LogP contribution in [-0.2, 0) is 11.2 Å². The number of nitrogens with one attached hydrogen (secondary N) is 1. The predicted octanol–water partition coefficient (Wildman–Crippen LogP) is 1.59. The third-order valence-electron chi connectivity index (χ3n) is 3.55. The molecule has 0 aromatic heterocycles. The highest BCUT2D eigenvalue weighted by atomic mass is 19.1. The predicted molar refractivity (Wildman–Crippen MR) is 75.3 cm³/mol.